The fourth-order valence-electron chi connectivity index (χ4n) is 3.97. The summed E-state index contributed by atoms with van der Waals surface area (Å²) < 4.78 is 59.1. The standard InChI is InChI=1S/C26H20F4IN3O4/c1-38-18-9-4-15(5-10-18)22-24(36)34(25(37)33-22)21(12-14-2-6-16(7-3-14)26(28,29)30)23(35)32-20-11-8-17(31)13-19(20)27/h2-11,13,21-22H,12H2,1H3,(H,32,35)(H,33,37). The zero-order valence-corrected chi connectivity index (χ0v) is 21.8. The highest BCUT2D eigenvalue weighted by Gasteiger charge is 2.45. The summed E-state index contributed by atoms with van der Waals surface area (Å²) in [5, 5.41) is 4.93. The maximum Gasteiger partial charge on any atom is 0.416 e. The molecule has 12 heteroatoms. The molecule has 1 aliphatic rings. The third-order valence-corrected chi connectivity index (χ3v) is 6.60. The van der Waals surface area contributed by atoms with Crippen LogP contribution in [0.15, 0.2) is 66.7 Å². The third-order valence-electron chi connectivity index (χ3n) is 5.93. The number of rotatable bonds is 7. The van der Waals surface area contributed by atoms with E-state index in [0.717, 1.165) is 24.3 Å². The molecule has 1 heterocycles. The molecule has 38 heavy (non-hydrogen) atoms. The van der Waals surface area contributed by atoms with Crippen molar-refractivity contribution in [2.24, 2.45) is 0 Å². The lowest BCUT2D eigenvalue weighted by molar-refractivity contribution is -0.137. The molecule has 0 saturated carbocycles. The van der Waals surface area contributed by atoms with Crippen LogP contribution in [0.4, 0.5) is 28.0 Å². The van der Waals surface area contributed by atoms with Crippen molar-refractivity contribution in [1.29, 1.82) is 0 Å². The number of hydrogen-bond acceptors (Lipinski definition) is 4. The highest BCUT2D eigenvalue weighted by molar-refractivity contribution is 14.1. The fourth-order valence-corrected chi connectivity index (χ4v) is 4.43. The molecule has 0 radical (unpaired) electrons. The molecule has 0 bridgehead atoms. The maximum absolute atomic E-state index is 14.4. The van der Waals surface area contributed by atoms with Crippen LogP contribution < -0.4 is 15.4 Å². The molecular weight excluding hydrogens is 621 g/mol. The number of carbonyl (C=O) groups excluding carboxylic acids is 3. The lowest BCUT2D eigenvalue weighted by Crippen LogP contribution is -2.49. The Balaban J connectivity index is 1.65. The zero-order valence-electron chi connectivity index (χ0n) is 19.7. The van der Waals surface area contributed by atoms with Crippen molar-refractivity contribution in [2.75, 3.05) is 12.4 Å². The summed E-state index contributed by atoms with van der Waals surface area (Å²) in [6.45, 7) is 0. The summed E-state index contributed by atoms with van der Waals surface area (Å²) >= 11 is 1.89. The van der Waals surface area contributed by atoms with Crippen molar-refractivity contribution in [3.05, 3.63) is 92.8 Å². The Labute approximate surface area is 228 Å². The Kier molecular flexibility index (Phi) is 7.90. The van der Waals surface area contributed by atoms with Gasteiger partial charge in [-0.05, 0) is 76.2 Å². The van der Waals surface area contributed by atoms with Crippen LogP contribution >= 0.6 is 22.6 Å². The smallest absolute Gasteiger partial charge is 0.416 e. The highest BCUT2D eigenvalue weighted by atomic mass is 127. The van der Waals surface area contributed by atoms with Gasteiger partial charge in [-0.3, -0.25) is 9.59 Å². The third kappa shape index (κ3) is 5.90. The average Bonchev–Trinajstić information content (AvgIpc) is 3.17. The van der Waals surface area contributed by atoms with Crippen LogP contribution in [0.1, 0.15) is 22.7 Å². The molecule has 7 nitrogen and oxygen atoms in total. The second-order valence-electron chi connectivity index (χ2n) is 8.39. The van der Waals surface area contributed by atoms with Crippen LogP contribution in [-0.4, -0.2) is 35.9 Å². The lowest BCUT2D eigenvalue weighted by Gasteiger charge is -2.25. The Morgan fingerprint density at radius 1 is 1.08 bits per heavy atom. The quantitative estimate of drug-likeness (QED) is 0.208. The van der Waals surface area contributed by atoms with E-state index in [2.05, 4.69) is 10.6 Å². The van der Waals surface area contributed by atoms with E-state index in [4.69, 9.17) is 4.74 Å². The number of nitrogens with one attached hydrogen (secondary N) is 2. The molecule has 0 aliphatic carbocycles. The minimum Gasteiger partial charge on any atom is -0.497 e. The first kappa shape index (κ1) is 27.4. The molecule has 3 aromatic rings. The van der Waals surface area contributed by atoms with Crippen LogP contribution in [0.3, 0.4) is 0 Å². The van der Waals surface area contributed by atoms with E-state index in [1.807, 2.05) is 22.6 Å². The molecule has 2 unspecified atom stereocenters. The molecular formula is C26H20F4IN3O4. The normalized spacial score (nSPS) is 16.3. The first-order valence-electron chi connectivity index (χ1n) is 11.2. The number of halogens is 5. The van der Waals surface area contributed by atoms with Crippen LogP contribution in [0.5, 0.6) is 5.75 Å². The number of methoxy groups -OCH3 is 1. The van der Waals surface area contributed by atoms with Crippen molar-refractivity contribution < 1.29 is 36.7 Å². The second-order valence-corrected chi connectivity index (χ2v) is 9.64. The Morgan fingerprint density at radius 2 is 1.74 bits per heavy atom. The van der Waals surface area contributed by atoms with Gasteiger partial charge in [0.05, 0.1) is 18.4 Å². The molecule has 0 aromatic heterocycles. The predicted molar refractivity (Wildman–Crippen MR) is 138 cm³/mol. The molecule has 1 fully saturated rings. The van der Waals surface area contributed by atoms with E-state index in [0.29, 0.717) is 19.8 Å². The van der Waals surface area contributed by atoms with Crippen molar-refractivity contribution in [3.8, 4) is 5.75 Å². The van der Waals surface area contributed by atoms with Gasteiger partial charge in [0.25, 0.3) is 5.91 Å². The molecule has 3 aromatic carbocycles. The Bertz CT molecular complexity index is 1360. The number of alkyl halides is 3. The van der Waals surface area contributed by atoms with Gasteiger partial charge in [-0.25, -0.2) is 14.1 Å². The number of hydrogen-bond donors (Lipinski definition) is 2. The molecule has 4 amide bonds. The number of benzene rings is 3. The number of anilines is 1. The Hall–Kier alpha value is -3.68. The van der Waals surface area contributed by atoms with Gasteiger partial charge in [-0.15, -0.1) is 0 Å². The van der Waals surface area contributed by atoms with E-state index < -0.39 is 47.5 Å². The number of urea groups is 1. The van der Waals surface area contributed by atoms with Crippen LogP contribution in [-0.2, 0) is 22.2 Å². The molecule has 2 N–H and O–H groups in total. The number of nitrogens with zero attached hydrogens (tertiary/aromatic N) is 1. The lowest BCUT2D eigenvalue weighted by atomic mass is 10.0. The van der Waals surface area contributed by atoms with E-state index in [1.165, 1.54) is 19.2 Å². The van der Waals surface area contributed by atoms with Gasteiger partial charge in [-0.2, -0.15) is 13.2 Å². The average molecular weight is 641 g/mol. The second kappa shape index (κ2) is 11.0. The maximum atomic E-state index is 14.4. The van der Waals surface area contributed by atoms with Gasteiger partial charge in [0.15, 0.2) is 0 Å². The zero-order chi connectivity index (χ0) is 27.6. The minimum atomic E-state index is -4.56. The molecule has 4 rings (SSSR count). The van der Waals surface area contributed by atoms with Crippen molar-refractivity contribution in [1.82, 2.24) is 10.2 Å². The van der Waals surface area contributed by atoms with Gasteiger partial charge in [0.1, 0.15) is 23.7 Å². The Morgan fingerprint density at radius 3 is 2.32 bits per heavy atom. The van der Waals surface area contributed by atoms with Crippen LogP contribution in [0.2, 0.25) is 0 Å². The number of imide groups is 1. The molecule has 0 spiro atoms. The summed E-state index contributed by atoms with van der Waals surface area (Å²) in [6, 6.07) is 11.0. The molecule has 1 aliphatic heterocycles. The van der Waals surface area contributed by atoms with E-state index in [1.54, 1.807) is 30.3 Å². The summed E-state index contributed by atoms with van der Waals surface area (Å²) in [5.74, 6) is -1.83. The van der Waals surface area contributed by atoms with E-state index in [-0.39, 0.29) is 17.7 Å². The van der Waals surface area contributed by atoms with Gasteiger partial charge in [0, 0.05) is 9.99 Å². The van der Waals surface area contributed by atoms with E-state index >= 15 is 0 Å². The van der Waals surface area contributed by atoms with Gasteiger partial charge in [-0.1, -0.05) is 24.3 Å². The predicted octanol–water partition coefficient (Wildman–Crippen LogP) is 5.30. The van der Waals surface area contributed by atoms with Crippen molar-refractivity contribution >= 4 is 46.1 Å². The summed E-state index contributed by atoms with van der Waals surface area (Å²) in [6.07, 6.45) is -4.86. The largest absolute Gasteiger partial charge is 0.497 e. The summed E-state index contributed by atoms with van der Waals surface area (Å²) in [4.78, 5) is 40.4. The first-order valence-corrected chi connectivity index (χ1v) is 12.3. The van der Waals surface area contributed by atoms with E-state index in [9.17, 15) is 31.9 Å². The van der Waals surface area contributed by atoms with Gasteiger partial charge in [0.2, 0.25) is 5.91 Å². The molecule has 198 valence electrons. The topological polar surface area (TPSA) is 87.7 Å². The van der Waals surface area contributed by atoms with Crippen LogP contribution in [0, 0.1) is 9.39 Å². The SMILES string of the molecule is COc1ccc(C2NC(=O)N(C(Cc3ccc(C(F)(F)F)cc3)C(=O)Nc3ccc(I)cc3F)C2=O)cc1. The molecule has 2 atom stereocenters. The number of ether oxygens (including phenoxy) is 1. The van der Waals surface area contributed by atoms with Crippen molar-refractivity contribution in [2.45, 2.75) is 24.7 Å². The first-order chi connectivity index (χ1) is 18.0. The van der Waals surface area contributed by atoms with Gasteiger partial charge < -0.3 is 15.4 Å². The van der Waals surface area contributed by atoms with Gasteiger partial charge >= 0.3 is 12.2 Å². The number of carbonyl (C=O) groups is 3. The minimum absolute atomic E-state index is 0.174. The molecule has 1 saturated heterocycles. The van der Waals surface area contributed by atoms with Crippen LogP contribution in [0.25, 0.3) is 0 Å². The summed E-state index contributed by atoms with van der Waals surface area (Å²) in [7, 11) is 1.47. The highest BCUT2D eigenvalue weighted by Crippen LogP contribution is 2.31. The fraction of sp³-hybridized carbons (Fsp3) is 0.192. The summed E-state index contributed by atoms with van der Waals surface area (Å²) in [5.41, 5.74) is -0.372. The number of amides is 4. The monoisotopic (exact) mass is 641 g/mol. The van der Waals surface area contributed by atoms with Crippen molar-refractivity contribution in [3.63, 3.8) is 0 Å².